The van der Waals surface area contributed by atoms with Gasteiger partial charge in [0.25, 0.3) is 5.56 Å². The first-order valence-corrected chi connectivity index (χ1v) is 4.35. The highest BCUT2D eigenvalue weighted by atomic mass is 19.4. The number of nitrogens with zero attached hydrogens (tertiary/aromatic N) is 1. The number of aromatic amines is 1. The summed E-state index contributed by atoms with van der Waals surface area (Å²) in [5, 5.41) is 2.51. The van der Waals surface area contributed by atoms with Gasteiger partial charge in [-0.05, 0) is 0 Å². The van der Waals surface area contributed by atoms with Crippen LogP contribution in [0.5, 0.6) is 0 Å². The molecule has 0 fully saturated rings. The van der Waals surface area contributed by atoms with E-state index in [2.05, 4.69) is 20.0 Å². The fraction of sp³-hybridized carbons (Fsp3) is 0.500. The van der Waals surface area contributed by atoms with Gasteiger partial charge in [-0.15, -0.1) is 0 Å². The Labute approximate surface area is 88.7 Å². The molecule has 0 amide bonds. The molecule has 0 aliphatic carbocycles. The molecule has 1 heterocycles. The van der Waals surface area contributed by atoms with Gasteiger partial charge < -0.3 is 10.1 Å². The Kier molecular flexibility index (Phi) is 3.88. The molecule has 0 aliphatic rings. The predicted octanol–water partition coefficient (Wildman–Crippen LogP) is 0.847. The summed E-state index contributed by atoms with van der Waals surface area (Å²) >= 11 is 0. The molecule has 16 heavy (non-hydrogen) atoms. The minimum Gasteiger partial charge on any atom is -0.383 e. The molecule has 0 unspecified atom stereocenters. The van der Waals surface area contributed by atoms with E-state index in [1.54, 1.807) is 0 Å². The van der Waals surface area contributed by atoms with Crippen LogP contribution in [0.25, 0.3) is 0 Å². The van der Waals surface area contributed by atoms with E-state index in [0.717, 1.165) is 0 Å². The molecule has 0 atom stereocenters. The number of halogens is 3. The van der Waals surface area contributed by atoms with Crippen LogP contribution >= 0.6 is 0 Å². The highest BCUT2D eigenvalue weighted by molar-refractivity contribution is 5.25. The van der Waals surface area contributed by atoms with Crippen molar-refractivity contribution in [3.05, 3.63) is 22.1 Å². The molecule has 2 N–H and O–H groups in total. The van der Waals surface area contributed by atoms with Crippen LogP contribution in [0, 0.1) is 0 Å². The highest BCUT2D eigenvalue weighted by Gasteiger charge is 2.33. The number of anilines is 1. The Bertz CT molecular complexity index is 402. The Morgan fingerprint density at radius 3 is 2.81 bits per heavy atom. The van der Waals surface area contributed by atoms with E-state index in [9.17, 15) is 18.0 Å². The minimum absolute atomic E-state index is 0.225. The lowest BCUT2D eigenvalue weighted by Gasteiger charge is -2.08. The van der Waals surface area contributed by atoms with Crippen molar-refractivity contribution in [1.29, 1.82) is 0 Å². The molecular weight excluding hydrogens is 227 g/mol. The molecular formula is C8H10F3N3O2. The second kappa shape index (κ2) is 4.97. The molecule has 1 aromatic rings. The fourth-order valence-electron chi connectivity index (χ4n) is 0.958. The number of methoxy groups -OCH3 is 1. The molecule has 1 rings (SSSR count). The lowest BCUT2D eigenvalue weighted by atomic mass is 10.4. The third-order valence-electron chi connectivity index (χ3n) is 1.63. The zero-order chi connectivity index (χ0) is 12.2. The lowest BCUT2D eigenvalue weighted by molar-refractivity contribution is -0.141. The number of nitrogens with one attached hydrogen (secondary N) is 2. The molecule has 8 heteroatoms. The van der Waals surface area contributed by atoms with E-state index < -0.39 is 17.4 Å². The van der Waals surface area contributed by atoms with Crippen molar-refractivity contribution in [3.63, 3.8) is 0 Å². The molecule has 0 saturated carbocycles. The molecule has 0 bridgehead atoms. The van der Waals surface area contributed by atoms with Crippen molar-refractivity contribution in [3.8, 4) is 0 Å². The Hall–Kier alpha value is -1.57. The second-order valence-electron chi connectivity index (χ2n) is 2.90. The van der Waals surface area contributed by atoms with Gasteiger partial charge in [-0.2, -0.15) is 13.2 Å². The summed E-state index contributed by atoms with van der Waals surface area (Å²) in [4.78, 5) is 16.3. The van der Waals surface area contributed by atoms with Gasteiger partial charge in [0.2, 0.25) is 5.95 Å². The van der Waals surface area contributed by atoms with Crippen LogP contribution in [0.3, 0.4) is 0 Å². The highest BCUT2D eigenvalue weighted by Crippen LogP contribution is 2.26. The first kappa shape index (κ1) is 12.5. The molecule has 0 aromatic carbocycles. The van der Waals surface area contributed by atoms with Crippen molar-refractivity contribution < 1.29 is 17.9 Å². The van der Waals surface area contributed by atoms with Gasteiger partial charge in [-0.25, -0.2) is 4.98 Å². The van der Waals surface area contributed by atoms with Gasteiger partial charge in [0.1, 0.15) is 0 Å². The fourth-order valence-corrected chi connectivity index (χ4v) is 0.958. The lowest BCUT2D eigenvalue weighted by Crippen LogP contribution is -2.20. The van der Waals surface area contributed by atoms with Crippen LogP contribution in [0.4, 0.5) is 19.1 Å². The number of hydrogen-bond donors (Lipinski definition) is 2. The van der Waals surface area contributed by atoms with Crippen LogP contribution in [-0.4, -0.2) is 30.2 Å². The maximum absolute atomic E-state index is 12.3. The summed E-state index contributed by atoms with van der Waals surface area (Å²) in [5.41, 5.74) is -2.08. The number of alkyl halides is 3. The Balaban J connectivity index is 2.86. The van der Waals surface area contributed by atoms with E-state index in [0.29, 0.717) is 12.7 Å². The molecule has 1 aromatic heterocycles. The van der Waals surface area contributed by atoms with Gasteiger partial charge in [-0.1, -0.05) is 0 Å². The van der Waals surface area contributed by atoms with Crippen LogP contribution in [-0.2, 0) is 10.9 Å². The van der Waals surface area contributed by atoms with Gasteiger partial charge >= 0.3 is 6.18 Å². The van der Waals surface area contributed by atoms with Gasteiger partial charge in [0.15, 0.2) is 5.69 Å². The Morgan fingerprint density at radius 2 is 2.25 bits per heavy atom. The normalized spacial score (nSPS) is 11.5. The number of rotatable bonds is 4. The number of aromatic nitrogens is 2. The van der Waals surface area contributed by atoms with Crippen LogP contribution in [0.2, 0.25) is 0 Å². The molecule has 0 radical (unpaired) electrons. The number of ether oxygens (including phenoxy) is 1. The van der Waals surface area contributed by atoms with E-state index in [-0.39, 0.29) is 12.5 Å². The molecule has 0 saturated heterocycles. The van der Waals surface area contributed by atoms with Crippen LogP contribution in [0.1, 0.15) is 5.69 Å². The third-order valence-corrected chi connectivity index (χ3v) is 1.63. The van der Waals surface area contributed by atoms with E-state index in [1.807, 2.05) is 0 Å². The summed E-state index contributed by atoms with van der Waals surface area (Å²) in [6.45, 7) is 0.542. The predicted molar refractivity (Wildman–Crippen MR) is 50.2 cm³/mol. The average Bonchev–Trinajstić information content (AvgIpc) is 2.16. The summed E-state index contributed by atoms with van der Waals surface area (Å²) in [6.07, 6.45) is -4.63. The number of H-pyrrole nitrogens is 1. The topological polar surface area (TPSA) is 67.0 Å². The van der Waals surface area contributed by atoms with Crippen LogP contribution in [0.15, 0.2) is 10.9 Å². The standard InChI is InChI=1S/C8H10F3N3O2/c1-16-3-2-12-7-13-5(8(9,10)11)4-6(15)14-7/h4H,2-3H2,1H3,(H2,12,13,14,15). The first-order valence-electron chi connectivity index (χ1n) is 4.35. The van der Waals surface area contributed by atoms with Crippen LogP contribution < -0.4 is 10.9 Å². The second-order valence-corrected chi connectivity index (χ2v) is 2.90. The number of hydrogen-bond acceptors (Lipinski definition) is 4. The maximum atomic E-state index is 12.3. The average molecular weight is 237 g/mol. The molecule has 0 aliphatic heterocycles. The quantitative estimate of drug-likeness (QED) is 0.762. The summed E-state index contributed by atoms with van der Waals surface area (Å²) in [7, 11) is 1.45. The Morgan fingerprint density at radius 1 is 1.56 bits per heavy atom. The van der Waals surface area contributed by atoms with Gasteiger partial charge in [0, 0.05) is 19.7 Å². The summed E-state index contributed by atoms with van der Waals surface area (Å²) < 4.78 is 41.5. The third kappa shape index (κ3) is 3.54. The van der Waals surface area contributed by atoms with Crippen molar-refractivity contribution in [1.82, 2.24) is 9.97 Å². The largest absolute Gasteiger partial charge is 0.433 e. The first-order chi connectivity index (χ1) is 7.43. The zero-order valence-electron chi connectivity index (χ0n) is 8.39. The monoisotopic (exact) mass is 237 g/mol. The van der Waals surface area contributed by atoms with Gasteiger partial charge in [0.05, 0.1) is 6.61 Å². The zero-order valence-corrected chi connectivity index (χ0v) is 8.39. The maximum Gasteiger partial charge on any atom is 0.433 e. The van der Waals surface area contributed by atoms with Crippen molar-refractivity contribution >= 4 is 5.95 Å². The van der Waals surface area contributed by atoms with Gasteiger partial charge in [-0.3, -0.25) is 9.78 Å². The van der Waals surface area contributed by atoms with Crippen molar-refractivity contribution in [2.24, 2.45) is 0 Å². The summed E-state index contributed by atoms with van der Waals surface area (Å²) in [6, 6.07) is 0.404. The van der Waals surface area contributed by atoms with Crippen molar-refractivity contribution in [2.45, 2.75) is 6.18 Å². The molecule has 0 spiro atoms. The molecule has 90 valence electrons. The van der Waals surface area contributed by atoms with E-state index >= 15 is 0 Å². The minimum atomic E-state index is -4.63. The van der Waals surface area contributed by atoms with Crippen molar-refractivity contribution in [2.75, 3.05) is 25.6 Å². The van der Waals surface area contributed by atoms with E-state index in [1.165, 1.54) is 7.11 Å². The summed E-state index contributed by atoms with van der Waals surface area (Å²) in [5.74, 6) is -0.225. The smallest absolute Gasteiger partial charge is 0.383 e. The SMILES string of the molecule is COCCNc1nc(C(F)(F)F)cc(=O)[nH]1. The van der Waals surface area contributed by atoms with E-state index in [4.69, 9.17) is 0 Å². The molecule has 5 nitrogen and oxygen atoms in total.